The van der Waals surface area contributed by atoms with E-state index < -0.39 is 10.0 Å². The third kappa shape index (κ3) is 5.64. The number of fused-ring (bicyclic) bond motifs is 1. The second kappa shape index (κ2) is 9.96. The van der Waals surface area contributed by atoms with Gasteiger partial charge in [0, 0.05) is 19.0 Å². The number of nitrogens with one attached hydrogen (secondary N) is 1. The molecule has 0 aliphatic carbocycles. The van der Waals surface area contributed by atoms with Crippen molar-refractivity contribution < 1.29 is 22.6 Å². The Bertz CT molecular complexity index is 1120. The lowest BCUT2D eigenvalue weighted by Crippen LogP contribution is -2.24. The predicted octanol–water partition coefficient (Wildman–Crippen LogP) is 4.04. The second-order valence-corrected chi connectivity index (χ2v) is 9.00. The van der Waals surface area contributed by atoms with E-state index in [9.17, 15) is 8.42 Å². The molecule has 0 saturated carbocycles. The molecule has 1 aliphatic rings. The van der Waals surface area contributed by atoms with Crippen LogP contribution >= 0.6 is 0 Å². The number of hydrogen-bond donors (Lipinski definition) is 1. The van der Waals surface area contributed by atoms with Crippen LogP contribution in [0.3, 0.4) is 0 Å². The Balaban J connectivity index is 1.41. The highest BCUT2D eigenvalue weighted by Gasteiger charge is 2.19. The average Bonchev–Trinajstić information content (AvgIpc) is 3.04. The summed E-state index contributed by atoms with van der Waals surface area (Å²) in [6.45, 7) is 2.12. The monoisotopic (exact) mass is 439 g/mol. The minimum atomic E-state index is -3.71. The van der Waals surface area contributed by atoms with E-state index in [1.54, 1.807) is 6.07 Å². The fraction of sp³-hybridized carbons (Fsp3) is 0.250. The van der Waals surface area contributed by atoms with Gasteiger partial charge in [-0.15, -0.1) is 0 Å². The zero-order valence-corrected chi connectivity index (χ0v) is 17.9. The maximum absolute atomic E-state index is 12.8. The fourth-order valence-corrected chi connectivity index (χ4v) is 4.31. The molecule has 3 aromatic carbocycles. The molecule has 0 atom stereocenters. The number of hydrogen-bond acceptors (Lipinski definition) is 5. The van der Waals surface area contributed by atoms with Crippen molar-refractivity contribution in [3.63, 3.8) is 0 Å². The van der Waals surface area contributed by atoms with E-state index in [4.69, 9.17) is 14.2 Å². The quantitative estimate of drug-likeness (QED) is 0.573. The van der Waals surface area contributed by atoms with Crippen molar-refractivity contribution in [3.05, 3.63) is 89.5 Å². The van der Waals surface area contributed by atoms with Crippen molar-refractivity contribution >= 4 is 10.0 Å². The molecule has 0 amide bonds. The van der Waals surface area contributed by atoms with Crippen LogP contribution in [0.2, 0.25) is 0 Å². The molecule has 7 heteroatoms. The van der Waals surface area contributed by atoms with Crippen molar-refractivity contribution in [2.75, 3.05) is 13.2 Å². The van der Waals surface area contributed by atoms with Crippen molar-refractivity contribution in [2.24, 2.45) is 0 Å². The smallest absolute Gasteiger partial charge is 0.241 e. The number of sulfonamides is 1. The lowest BCUT2D eigenvalue weighted by Gasteiger charge is -2.13. The van der Waals surface area contributed by atoms with Gasteiger partial charge in [0.05, 0.1) is 31.3 Å². The molecule has 4 rings (SSSR count). The second-order valence-electron chi connectivity index (χ2n) is 7.23. The minimum absolute atomic E-state index is 0.148. The topological polar surface area (TPSA) is 73.9 Å². The summed E-state index contributed by atoms with van der Waals surface area (Å²) >= 11 is 0. The molecule has 3 aromatic rings. The molecule has 0 saturated heterocycles. The van der Waals surface area contributed by atoms with Gasteiger partial charge in [-0.05, 0) is 28.8 Å². The van der Waals surface area contributed by atoms with Crippen LogP contribution in [0.25, 0.3) is 0 Å². The average molecular weight is 440 g/mol. The van der Waals surface area contributed by atoms with Gasteiger partial charge in [-0.2, -0.15) is 0 Å². The molecule has 1 aliphatic heterocycles. The summed E-state index contributed by atoms with van der Waals surface area (Å²) in [4.78, 5) is 0.148. The van der Waals surface area contributed by atoms with Gasteiger partial charge in [-0.3, -0.25) is 0 Å². The highest BCUT2D eigenvalue weighted by atomic mass is 32.2. The molecule has 0 fully saturated rings. The highest BCUT2D eigenvalue weighted by molar-refractivity contribution is 7.89. The van der Waals surface area contributed by atoms with E-state index in [2.05, 4.69) is 4.72 Å². The highest BCUT2D eigenvalue weighted by Crippen LogP contribution is 2.31. The Morgan fingerprint density at radius 1 is 0.806 bits per heavy atom. The summed E-state index contributed by atoms with van der Waals surface area (Å²) in [7, 11) is -3.71. The molecule has 162 valence electrons. The summed E-state index contributed by atoms with van der Waals surface area (Å²) < 4.78 is 45.4. The Morgan fingerprint density at radius 2 is 1.52 bits per heavy atom. The van der Waals surface area contributed by atoms with Crippen LogP contribution in [0.5, 0.6) is 11.5 Å². The molecule has 6 nitrogen and oxygen atoms in total. The van der Waals surface area contributed by atoms with Gasteiger partial charge in [0.15, 0.2) is 11.5 Å². The van der Waals surface area contributed by atoms with Crippen LogP contribution in [0.4, 0.5) is 0 Å². The van der Waals surface area contributed by atoms with Crippen LogP contribution in [-0.2, 0) is 34.5 Å². The van der Waals surface area contributed by atoms with Crippen molar-refractivity contribution in [2.45, 2.75) is 31.1 Å². The Morgan fingerprint density at radius 3 is 2.32 bits per heavy atom. The molecule has 0 spiro atoms. The third-order valence-electron chi connectivity index (χ3n) is 4.97. The lowest BCUT2D eigenvalue weighted by atomic mass is 10.1. The van der Waals surface area contributed by atoms with E-state index in [0.717, 1.165) is 23.1 Å². The van der Waals surface area contributed by atoms with Gasteiger partial charge in [0.1, 0.15) is 0 Å². The third-order valence-corrected chi connectivity index (χ3v) is 6.37. The van der Waals surface area contributed by atoms with Crippen LogP contribution in [0.1, 0.15) is 23.1 Å². The Labute approximate surface area is 182 Å². The van der Waals surface area contributed by atoms with E-state index in [-0.39, 0.29) is 11.4 Å². The van der Waals surface area contributed by atoms with Crippen LogP contribution in [0.15, 0.2) is 77.7 Å². The molecular formula is C24H25NO5S. The summed E-state index contributed by atoms with van der Waals surface area (Å²) in [5.41, 5.74) is 2.91. The van der Waals surface area contributed by atoms with Crippen LogP contribution < -0.4 is 14.2 Å². The maximum atomic E-state index is 12.8. The summed E-state index contributed by atoms with van der Waals surface area (Å²) in [5.74, 6) is 1.02. The summed E-state index contributed by atoms with van der Waals surface area (Å²) in [5, 5.41) is 0. The Kier molecular flexibility index (Phi) is 6.86. The van der Waals surface area contributed by atoms with E-state index >= 15 is 0 Å². The van der Waals surface area contributed by atoms with E-state index in [1.165, 1.54) is 12.1 Å². The summed E-state index contributed by atoms with van der Waals surface area (Å²) in [6, 6.07) is 22.3. The van der Waals surface area contributed by atoms with Crippen molar-refractivity contribution in [1.29, 1.82) is 0 Å². The standard InChI is InChI=1S/C24H25NO5S/c26-31(27,22-11-12-23-24(15-22)30-14-6-13-29-23)25-16-20-9-4-5-10-21(20)18-28-17-19-7-2-1-3-8-19/h1-5,7-12,15,25H,6,13-14,16-18H2. The molecule has 0 radical (unpaired) electrons. The predicted molar refractivity (Wildman–Crippen MR) is 117 cm³/mol. The van der Waals surface area contributed by atoms with Crippen LogP contribution in [-0.4, -0.2) is 21.6 Å². The number of benzene rings is 3. The minimum Gasteiger partial charge on any atom is -0.490 e. The van der Waals surface area contributed by atoms with Crippen LogP contribution in [0, 0.1) is 0 Å². The molecule has 31 heavy (non-hydrogen) atoms. The normalized spacial score (nSPS) is 13.5. The molecule has 0 bridgehead atoms. The van der Waals surface area contributed by atoms with Crippen molar-refractivity contribution in [1.82, 2.24) is 4.72 Å². The van der Waals surface area contributed by atoms with E-state index in [1.807, 2.05) is 54.6 Å². The van der Waals surface area contributed by atoms with Crippen molar-refractivity contribution in [3.8, 4) is 11.5 Å². The Hall–Kier alpha value is -2.87. The zero-order chi connectivity index (χ0) is 21.5. The first-order chi connectivity index (χ1) is 15.1. The van der Waals surface area contributed by atoms with Gasteiger partial charge in [-0.1, -0.05) is 54.6 Å². The van der Waals surface area contributed by atoms with Gasteiger partial charge in [0.2, 0.25) is 10.0 Å². The molecule has 0 aromatic heterocycles. The lowest BCUT2D eigenvalue weighted by molar-refractivity contribution is 0.106. The number of rotatable bonds is 8. The SMILES string of the molecule is O=S(=O)(NCc1ccccc1COCc1ccccc1)c1ccc2c(c1)OCCCO2. The molecule has 1 heterocycles. The van der Waals surface area contributed by atoms with E-state index in [0.29, 0.717) is 37.9 Å². The molecule has 0 unspecified atom stereocenters. The molecular weight excluding hydrogens is 414 g/mol. The van der Waals surface area contributed by atoms with Gasteiger partial charge < -0.3 is 14.2 Å². The largest absolute Gasteiger partial charge is 0.490 e. The maximum Gasteiger partial charge on any atom is 0.241 e. The first-order valence-corrected chi connectivity index (χ1v) is 11.7. The fourth-order valence-electron chi connectivity index (χ4n) is 3.29. The summed E-state index contributed by atoms with van der Waals surface area (Å²) in [6.07, 6.45) is 0.762. The first-order valence-electron chi connectivity index (χ1n) is 10.2. The number of ether oxygens (including phenoxy) is 3. The first kappa shape index (κ1) is 21.4. The molecule has 1 N–H and O–H groups in total. The van der Waals surface area contributed by atoms with Gasteiger partial charge in [0.25, 0.3) is 0 Å². The van der Waals surface area contributed by atoms with Gasteiger partial charge in [-0.25, -0.2) is 13.1 Å². The zero-order valence-electron chi connectivity index (χ0n) is 17.1. The van der Waals surface area contributed by atoms with Gasteiger partial charge >= 0.3 is 0 Å².